The maximum absolute atomic E-state index is 7.85. The first kappa shape index (κ1) is 9.90. The van der Waals surface area contributed by atoms with E-state index in [2.05, 4.69) is 18.7 Å². The van der Waals surface area contributed by atoms with Gasteiger partial charge in [0.2, 0.25) is 0 Å². The van der Waals surface area contributed by atoms with Gasteiger partial charge in [-0.25, -0.2) is 0 Å². The molecule has 0 saturated carbocycles. The maximum atomic E-state index is 7.85. The van der Waals surface area contributed by atoms with E-state index in [1.165, 1.54) is 17.9 Å². The highest BCUT2D eigenvalue weighted by Crippen LogP contribution is 2.12. The molecule has 1 saturated heterocycles. The van der Waals surface area contributed by atoms with Crippen LogP contribution in [0.1, 0.15) is 20.3 Å². The Kier molecular flexibility index (Phi) is 3.92. The van der Waals surface area contributed by atoms with Crippen LogP contribution >= 0.6 is 11.8 Å². The first-order valence-electron chi connectivity index (χ1n) is 4.63. The first-order chi connectivity index (χ1) is 5.72. The van der Waals surface area contributed by atoms with Crippen molar-refractivity contribution in [2.45, 2.75) is 20.3 Å². The molecule has 0 aliphatic carbocycles. The van der Waals surface area contributed by atoms with Gasteiger partial charge in [-0.3, -0.25) is 5.41 Å². The van der Waals surface area contributed by atoms with Gasteiger partial charge in [0.05, 0.1) is 5.84 Å². The lowest BCUT2D eigenvalue weighted by atomic mass is 10.2. The fraction of sp³-hybridized carbons (Fsp3) is 0.889. The summed E-state index contributed by atoms with van der Waals surface area (Å²) in [4.78, 5) is 2.23. The van der Waals surface area contributed by atoms with E-state index >= 15 is 0 Å². The number of rotatable bonds is 1. The van der Waals surface area contributed by atoms with E-state index in [0.717, 1.165) is 18.9 Å². The zero-order valence-electron chi connectivity index (χ0n) is 7.97. The van der Waals surface area contributed by atoms with Crippen molar-refractivity contribution in [3.63, 3.8) is 0 Å². The molecule has 0 amide bonds. The summed E-state index contributed by atoms with van der Waals surface area (Å²) in [6.07, 6.45) is 1.24. The second kappa shape index (κ2) is 4.75. The van der Waals surface area contributed by atoms with E-state index in [1.807, 2.05) is 11.8 Å². The van der Waals surface area contributed by atoms with Gasteiger partial charge < -0.3 is 4.90 Å². The van der Waals surface area contributed by atoms with Crippen LogP contribution in [0.2, 0.25) is 0 Å². The average Bonchev–Trinajstić information content (AvgIpc) is 2.30. The van der Waals surface area contributed by atoms with Crippen molar-refractivity contribution in [2.75, 3.05) is 24.6 Å². The van der Waals surface area contributed by atoms with Crippen LogP contribution < -0.4 is 0 Å². The Bertz CT molecular complexity index is 149. The van der Waals surface area contributed by atoms with Gasteiger partial charge in [-0.05, 0) is 12.2 Å². The molecule has 1 N–H and O–H groups in total. The van der Waals surface area contributed by atoms with E-state index in [-0.39, 0.29) is 0 Å². The summed E-state index contributed by atoms with van der Waals surface area (Å²) < 4.78 is 0. The molecule has 1 fully saturated rings. The van der Waals surface area contributed by atoms with Crippen molar-refractivity contribution in [2.24, 2.45) is 5.92 Å². The van der Waals surface area contributed by atoms with Crippen LogP contribution in [0.25, 0.3) is 0 Å². The summed E-state index contributed by atoms with van der Waals surface area (Å²) in [7, 11) is 0. The van der Waals surface area contributed by atoms with Gasteiger partial charge in [-0.15, -0.1) is 0 Å². The monoisotopic (exact) mass is 186 g/mol. The minimum atomic E-state index is 0.382. The van der Waals surface area contributed by atoms with E-state index in [0.29, 0.717) is 5.92 Å². The van der Waals surface area contributed by atoms with Crippen LogP contribution in [0.5, 0.6) is 0 Å². The molecule has 0 aromatic carbocycles. The molecule has 1 heterocycles. The standard InChI is InChI=1S/C9H18N2S/c1-8(2)9(10)11-4-3-6-12-7-5-11/h8,10H,3-7H2,1-2H3. The van der Waals surface area contributed by atoms with Crippen molar-refractivity contribution in [3.05, 3.63) is 0 Å². The molecule has 0 spiro atoms. The van der Waals surface area contributed by atoms with Crippen LogP contribution in [0, 0.1) is 11.3 Å². The highest BCUT2D eigenvalue weighted by atomic mass is 32.2. The van der Waals surface area contributed by atoms with Crippen molar-refractivity contribution in [1.29, 1.82) is 5.41 Å². The van der Waals surface area contributed by atoms with E-state index in [9.17, 15) is 0 Å². The Morgan fingerprint density at radius 3 is 2.75 bits per heavy atom. The quantitative estimate of drug-likeness (QED) is 0.501. The highest BCUT2D eigenvalue weighted by molar-refractivity contribution is 7.99. The summed E-state index contributed by atoms with van der Waals surface area (Å²) in [6, 6.07) is 0. The van der Waals surface area contributed by atoms with Crippen molar-refractivity contribution in [3.8, 4) is 0 Å². The van der Waals surface area contributed by atoms with Crippen molar-refractivity contribution >= 4 is 17.6 Å². The minimum Gasteiger partial charge on any atom is -0.359 e. The van der Waals surface area contributed by atoms with Crippen molar-refractivity contribution in [1.82, 2.24) is 4.90 Å². The predicted molar refractivity (Wildman–Crippen MR) is 56.1 cm³/mol. The second-order valence-corrected chi connectivity index (χ2v) is 4.72. The molecule has 3 heteroatoms. The fourth-order valence-electron chi connectivity index (χ4n) is 1.35. The zero-order valence-corrected chi connectivity index (χ0v) is 8.78. The number of amidine groups is 1. The molecule has 1 aliphatic heterocycles. The Labute approximate surface area is 79.2 Å². The molecule has 0 radical (unpaired) electrons. The number of thioether (sulfide) groups is 1. The Hall–Kier alpha value is -0.180. The van der Waals surface area contributed by atoms with Crippen molar-refractivity contribution < 1.29 is 0 Å². The summed E-state index contributed by atoms with van der Waals surface area (Å²) in [5, 5.41) is 7.85. The van der Waals surface area contributed by atoms with Crippen LogP contribution in [0.4, 0.5) is 0 Å². The third kappa shape index (κ3) is 2.70. The minimum absolute atomic E-state index is 0.382. The zero-order chi connectivity index (χ0) is 8.97. The Morgan fingerprint density at radius 1 is 1.33 bits per heavy atom. The second-order valence-electron chi connectivity index (χ2n) is 3.49. The molecule has 12 heavy (non-hydrogen) atoms. The third-order valence-electron chi connectivity index (χ3n) is 2.11. The molecule has 1 aliphatic rings. The molecule has 0 bridgehead atoms. The SMILES string of the molecule is CC(C)C(=N)N1CCCSCC1. The van der Waals surface area contributed by atoms with E-state index in [4.69, 9.17) is 5.41 Å². The lowest BCUT2D eigenvalue weighted by Gasteiger charge is -2.24. The number of nitrogens with one attached hydrogen (secondary N) is 1. The number of nitrogens with zero attached hydrogens (tertiary/aromatic N) is 1. The molecule has 70 valence electrons. The molecule has 0 unspecified atom stereocenters. The summed E-state index contributed by atoms with van der Waals surface area (Å²) in [5.74, 6) is 3.65. The molecule has 1 rings (SSSR count). The Morgan fingerprint density at radius 2 is 2.08 bits per heavy atom. The normalized spacial score (nSPS) is 19.4. The van der Waals surface area contributed by atoms with Gasteiger partial charge in [0.25, 0.3) is 0 Å². The van der Waals surface area contributed by atoms with Crippen LogP contribution in [0.3, 0.4) is 0 Å². The summed E-state index contributed by atoms with van der Waals surface area (Å²) in [6.45, 7) is 6.35. The topological polar surface area (TPSA) is 27.1 Å². The van der Waals surface area contributed by atoms with E-state index < -0.39 is 0 Å². The Balaban J connectivity index is 2.43. The largest absolute Gasteiger partial charge is 0.359 e. The third-order valence-corrected chi connectivity index (χ3v) is 3.16. The average molecular weight is 186 g/mol. The van der Waals surface area contributed by atoms with Gasteiger partial charge >= 0.3 is 0 Å². The van der Waals surface area contributed by atoms with Crippen LogP contribution in [-0.4, -0.2) is 35.3 Å². The molecular formula is C9H18N2S. The molecular weight excluding hydrogens is 168 g/mol. The number of hydrogen-bond donors (Lipinski definition) is 1. The van der Waals surface area contributed by atoms with E-state index in [1.54, 1.807) is 0 Å². The van der Waals surface area contributed by atoms with Crippen LogP contribution in [0.15, 0.2) is 0 Å². The first-order valence-corrected chi connectivity index (χ1v) is 5.78. The lowest BCUT2D eigenvalue weighted by molar-refractivity contribution is 0.425. The number of hydrogen-bond acceptors (Lipinski definition) is 2. The van der Waals surface area contributed by atoms with Gasteiger partial charge in [0.1, 0.15) is 0 Å². The summed E-state index contributed by atoms with van der Waals surface area (Å²) in [5.41, 5.74) is 0. The highest BCUT2D eigenvalue weighted by Gasteiger charge is 2.14. The predicted octanol–water partition coefficient (Wildman–Crippen LogP) is 2.06. The van der Waals surface area contributed by atoms with Gasteiger partial charge in [-0.2, -0.15) is 11.8 Å². The smallest absolute Gasteiger partial charge is 0.0984 e. The molecule has 0 aromatic rings. The molecule has 0 atom stereocenters. The lowest BCUT2D eigenvalue weighted by Crippen LogP contribution is -2.35. The summed E-state index contributed by atoms with van der Waals surface area (Å²) >= 11 is 2.01. The van der Waals surface area contributed by atoms with Gasteiger partial charge in [-0.1, -0.05) is 13.8 Å². The molecule has 0 aromatic heterocycles. The maximum Gasteiger partial charge on any atom is 0.0984 e. The fourth-order valence-corrected chi connectivity index (χ4v) is 2.24. The van der Waals surface area contributed by atoms with Gasteiger partial charge in [0, 0.05) is 24.8 Å². The van der Waals surface area contributed by atoms with Gasteiger partial charge in [0.15, 0.2) is 0 Å². The van der Waals surface area contributed by atoms with Crippen LogP contribution in [-0.2, 0) is 0 Å². The molecule has 2 nitrogen and oxygen atoms in total.